The summed E-state index contributed by atoms with van der Waals surface area (Å²) in [6, 6.07) is 10.5. The number of ketones is 1. The highest BCUT2D eigenvalue weighted by atomic mass is 19.1. The number of fused-ring (bicyclic) bond motifs is 1. The lowest BCUT2D eigenvalue weighted by Gasteiger charge is -2.34. The third-order valence-corrected chi connectivity index (χ3v) is 7.37. The number of rotatable bonds is 6. The molecule has 0 spiro atoms. The van der Waals surface area contributed by atoms with Crippen molar-refractivity contribution in [2.45, 2.75) is 65.5 Å². The van der Waals surface area contributed by atoms with Crippen molar-refractivity contribution in [3.05, 3.63) is 59.0 Å². The van der Waals surface area contributed by atoms with E-state index in [2.05, 4.69) is 35.4 Å². The van der Waals surface area contributed by atoms with E-state index in [-0.39, 0.29) is 17.5 Å². The molecular formula is C29H36FN3O. The van der Waals surface area contributed by atoms with Gasteiger partial charge in [-0.25, -0.2) is 4.39 Å². The summed E-state index contributed by atoms with van der Waals surface area (Å²) in [4.78, 5) is 20.1. The number of aryl methyl sites for hydroxylation is 1. The molecule has 1 saturated carbocycles. The number of benzene rings is 2. The number of hydrogen-bond acceptors (Lipinski definition) is 4. The third kappa shape index (κ3) is 4.85. The normalized spacial score (nSPS) is 18.6. The van der Waals surface area contributed by atoms with Crippen LogP contribution in [0.3, 0.4) is 0 Å². The summed E-state index contributed by atoms with van der Waals surface area (Å²) >= 11 is 0. The van der Waals surface area contributed by atoms with Gasteiger partial charge in [0.2, 0.25) is 0 Å². The second-order valence-electron chi connectivity index (χ2n) is 10.3. The Hall–Kier alpha value is -2.79. The summed E-state index contributed by atoms with van der Waals surface area (Å²) in [5.41, 5.74) is 5.69. The maximum atomic E-state index is 14.5. The fourth-order valence-corrected chi connectivity index (χ4v) is 4.95. The van der Waals surface area contributed by atoms with E-state index in [4.69, 9.17) is 0 Å². The van der Waals surface area contributed by atoms with E-state index < -0.39 is 0 Å². The van der Waals surface area contributed by atoms with Crippen molar-refractivity contribution in [1.82, 2.24) is 9.88 Å². The second-order valence-corrected chi connectivity index (χ2v) is 10.3. The molecule has 1 aliphatic carbocycles. The van der Waals surface area contributed by atoms with Crippen LogP contribution < -0.4 is 5.32 Å². The third-order valence-electron chi connectivity index (χ3n) is 7.37. The van der Waals surface area contributed by atoms with Crippen molar-refractivity contribution in [3.8, 4) is 11.1 Å². The lowest BCUT2D eigenvalue weighted by Crippen LogP contribution is -2.36. The number of carbonyl (C=O) groups is 1. The monoisotopic (exact) mass is 461 g/mol. The quantitative estimate of drug-likeness (QED) is 0.411. The van der Waals surface area contributed by atoms with Crippen molar-refractivity contribution in [2.24, 2.45) is 5.92 Å². The molecule has 4 rings (SSSR count). The number of nitrogens with one attached hydrogen (secondary N) is 1. The van der Waals surface area contributed by atoms with Crippen molar-refractivity contribution >= 4 is 22.4 Å². The molecule has 1 N–H and O–H groups in total. The van der Waals surface area contributed by atoms with E-state index in [1.807, 2.05) is 39.0 Å². The lowest BCUT2D eigenvalue weighted by atomic mass is 9.89. The van der Waals surface area contributed by atoms with Crippen LogP contribution in [-0.4, -0.2) is 41.8 Å². The van der Waals surface area contributed by atoms with Gasteiger partial charge in [-0.15, -0.1) is 0 Å². The molecular weight excluding hydrogens is 425 g/mol. The molecule has 4 nitrogen and oxygen atoms in total. The Morgan fingerprint density at radius 1 is 1.06 bits per heavy atom. The number of hydrogen-bond donors (Lipinski definition) is 1. The molecule has 0 bridgehead atoms. The Kier molecular flexibility index (Phi) is 7.04. The smallest absolute Gasteiger partial charge is 0.169 e. The second kappa shape index (κ2) is 9.83. The van der Waals surface area contributed by atoms with Gasteiger partial charge in [-0.1, -0.05) is 26.0 Å². The minimum absolute atomic E-state index is 0.0847. The SMILES string of the molecule is Cc1cc(-c2ccc3ncc(C(=O)C(C)C)c(NC4CCC(N(C)C)CC4)c3c2)cc(F)c1C. The fraction of sp³-hybridized carbons (Fsp3) is 0.448. The zero-order chi connectivity index (χ0) is 24.6. The van der Waals surface area contributed by atoms with Gasteiger partial charge in [0.1, 0.15) is 5.82 Å². The summed E-state index contributed by atoms with van der Waals surface area (Å²) in [6.45, 7) is 7.58. The Balaban J connectivity index is 1.79. The first-order valence-electron chi connectivity index (χ1n) is 12.3. The first kappa shape index (κ1) is 24.3. The van der Waals surface area contributed by atoms with Gasteiger partial charge in [-0.05, 0) is 94.1 Å². The van der Waals surface area contributed by atoms with Crippen LogP contribution >= 0.6 is 0 Å². The average molecular weight is 462 g/mol. The zero-order valence-corrected chi connectivity index (χ0v) is 21.2. The standard InChI is InChI=1S/C29H36FN3O/c1-17(2)29(34)25-16-31-27-12-7-20(21-13-18(3)19(4)26(30)15-21)14-24(27)28(25)32-22-8-10-23(11-9-22)33(5)6/h7,12-17,22-23H,8-11H2,1-6H3,(H,31,32). The predicted molar refractivity (Wildman–Crippen MR) is 139 cm³/mol. The zero-order valence-electron chi connectivity index (χ0n) is 21.2. The van der Waals surface area contributed by atoms with Crippen LogP contribution in [0.1, 0.15) is 61.0 Å². The van der Waals surface area contributed by atoms with Gasteiger partial charge in [0, 0.05) is 29.6 Å². The molecule has 34 heavy (non-hydrogen) atoms. The molecule has 2 aromatic carbocycles. The number of Topliss-reactive ketones (excluding diaryl/α,β-unsaturated/α-hetero) is 1. The minimum Gasteiger partial charge on any atom is -0.381 e. The maximum Gasteiger partial charge on any atom is 0.169 e. The summed E-state index contributed by atoms with van der Waals surface area (Å²) in [5.74, 6) is -0.240. The van der Waals surface area contributed by atoms with Crippen molar-refractivity contribution in [1.29, 1.82) is 0 Å². The van der Waals surface area contributed by atoms with E-state index in [1.165, 1.54) is 0 Å². The Morgan fingerprint density at radius 2 is 1.76 bits per heavy atom. The van der Waals surface area contributed by atoms with E-state index in [1.54, 1.807) is 19.2 Å². The molecule has 0 radical (unpaired) electrons. The first-order chi connectivity index (χ1) is 16.2. The molecule has 0 aliphatic heterocycles. The fourth-order valence-electron chi connectivity index (χ4n) is 4.95. The highest BCUT2D eigenvalue weighted by Gasteiger charge is 2.25. The van der Waals surface area contributed by atoms with Crippen LogP contribution in [0.15, 0.2) is 36.5 Å². The molecule has 1 aromatic heterocycles. The molecule has 1 fully saturated rings. The Morgan fingerprint density at radius 3 is 2.38 bits per heavy atom. The highest BCUT2D eigenvalue weighted by Crippen LogP contribution is 2.35. The predicted octanol–water partition coefficient (Wildman–Crippen LogP) is 6.78. The van der Waals surface area contributed by atoms with Crippen LogP contribution in [0.2, 0.25) is 0 Å². The Labute approximate surface area is 202 Å². The lowest BCUT2D eigenvalue weighted by molar-refractivity contribution is 0.0940. The van der Waals surface area contributed by atoms with Crippen LogP contribution in [0.25, 0.3) is 22.0 Å². The summed E-state index contributed by atoms with van der Waals surface area (Å²) < 4.78 is 14.5. The molecule has 0 unspecified atom stereocenters. The number of nitrogens with zero attached hydrogens (tertiary/aromatic N) is 2. The number of halogens is 1. The number of pyridine rings is 1. The van der Waals surface area contributed by atoms with E-state index >= 15 is 0 Å². The molecule has 0 amide bonds. The molecule has 1 aliphatic rings. The molecule has 3 aromatic rings. The van der Waals surface area contributed by atoms with Crippen molar-refractivity contribution in [2.75, 3.05) is 19.4 Å². The molecule has 0 atom stereocenters. The topological polar surface area (TPSA) is 45.2 Å². The summed E-state index contributed by atoms with van der Waals surface area (Å²) in [7, 11) is 4.29. The van der Waals surface area contributed by atoms with Gasteiger partial charge < -0.3 is 10.2 Å². The first-order valence-corrected chi connectivity index (χ1v) is 12.3. The number of anilines is 1. The molecule has 180 valence electrons. The largest absolute Gasteiger partial charge is 0.381 e. The van der Waals surface area contributed by atoms with Crippen LogP contribution in [-0.2, 0) is 0 Å². The van der Waals surface area contributed by atoms with Gasteiger partial charge in [0.05, 0.1) is 16.8 Å². The van der Waals surface area contributed by atoms with Crippen LogP contribution in [0.4, 0.5) is 10.1 Å². The van der Waals surface area contributed by atoms with Crippen LogP contribution in [0.5, 0.6) is 0 Å². The van der Waals surface area contributed by atoms with Gasteiger partial charge in [0.15, 0.2) is 5.78 Å². The molecule has 1 heterocycles. The molecule has 5 heteroatoms. The van der Waals surface area contributed by atoms with Crippen LogP contribution in [0, 0.1) is 25.6 Å². The average Bonchev–Trinajstić information content (AvgIpc) is 2.82. The highest BCUT2D eigenvalue weighted by molar-refractivity contribution is 6.09. The summed E-state index contributed by atoms with van der Waals surface area (Å²) in [6.07, 6.45) is 6.10. The summed E-state index contributed by atoms with van der Waals surface area (Å²) in [5, 5.41) is 4.66. The van der Waals surface area contributed by atoms with Gasteiger partial charge in [-0.2, -0.15) is 0 Å². The van der Waals surface area contributed by atoms with E-state index in [0.717, 1.165) is 59.0 Å². The van der Waals surface area contributed by atoms with Gasteiger partial charge in [-0.3, -0.25) is 9.78 Å². The van der Waals surface area contributed by atoms with E-state index in [0.29, 0.717) is 23.2 Å². The van der Waals surface area contributed by atoms with Crippen molar-refractivity contribution < 1.29 is 9.18 Å². The maximum absolute atomic E-state index is 14.5. The van der Waals surface area contributed by atoms with Crippen molar-refractivity contribution in [3.63, 3.8) is 0 Å². The number of carbonyl (C=O) groups excluding carboxylic acids is 1. The van der Waals surface area contributed by atoms with Gasteiger partial charge in [0.25, 0.3) is 0 Å². The number of aromatic nitrogens is 1. The van der Waals surface area contributed by atoms with E-state index in [9.17, 15) is 9.18 Å². The molecule has 0 saturated heterocycles. The minimum atomic E-state index is -0.201. The van der Waals surface area contributed by atoms with Gasteiger partial charge >= 0.3 is 0 Å². The Bertz CT molecular complexity index is 1190.